The normalized spacial score (nSPS) is 13.7. The van der Waals surface area contributed by atoms with E-state index in [1.807, 2.05) is 0 Å². The number of hydrogen-bond acceptors (Lipinski definition) is 11. The fourth-order valence-corrected chi connectivity index (χ4v) is 6.77. The van der Waals surface area contributed by atoms with Crippen LogP contribution >= 0.6 is 7.82 Å². The van der Waals surface area contributed by atoms with E-state index in [1.165, 1.54) is 150 Å². The molecule has 0 saturated heterocycles. The average Bonchev–Trinajstić information content (AvgIpc) is 3.15. The number of rotatable bonds is 40. The predicted molar refractivity (Wildman–Crippen MR) is 212 cm³/mol. The molecule has 0 rings (SSSR count). The van der Waals surface area contributed by atoms with Crippen molar-refractivity contribution in [3.63, 3.8) is 0 Å². The Hall–Kier alpha value is -1.47. The number of carbonyl (C=O) groups is 2. The molecule has 14 heteroatoms. The predicted octanol–water partition coefficient (Wildman–Crippen LogP) is 10.2. The molecule has 13 nitrogen and oxygen atoms in total. The third kappa shape index (κ3) is 34.7. The van der Waals surface area contributed by atoms with Crippen molar-refractivity contribution in [2.45, 2.75) is 180 Å². The minimum absolute atomic E-state index is 0.122. The Morgan fingerprint density at radius 3 is 1.08 bits per heavy atom. The number of methoxy groups -OCH3 is 2. The lowest BCUT2D eigenvalue weighted by Gasteiger charge is -2.22. The first-order valence-corrected chi connectivity index (χ1v) is 22.4. The summed E-state index contributed by atoms with van der Waals surface area (Å²) in [4.78, 5) is 24.3. The van der Waals surface area contributed by atoms with E-state index in [2.05, 4.69) is 30.0 Å². The average molecular weight is 782 g/mol. The Morgan fingerprint density at radius 1 is 0.491 bits per heavy atom. The van der Waals surface area contributed by atoms with Crippen molar-refractivity contribution in [1.29, 1.82) is 0 Å². The van der Waals surface area contributed by atoms with Crippen LogP contribution in [0.5, 0.6) is 0 Å². The molecule has 0 aromatic carbocycles. The molecule has 53 heavy (non-hydrogen) atoms. The number of carbonyl (C=O) groups excluding carboxylic acids is 2. The number of ether oxygens (including phenoxy) is 4. The SMILES string of the molecule is CCCCCCCCCCCCCCNC(=O)OCC(COP(=O)(OCC(COC(=O)NCCCCCCCCCCCCCC)OC)ONC)OC. The molecule has 0 saturated carbocycles. The number of phosphoric acid groups is 1. The van der Waals surface area contributed by atoms with Crippen molar-refractivity contribution in [2.24, 2.45) is 0 Å². The molecule has 0 aliphatic carbocycles. The van der Waals surface area contributed by atoms with E-state index in [0.717, 1.165) is 25.7 Å². The van der Waals surface area contributed by atoms with E-state index in [9.17, 15) is 14.2 Å². The minimum Gasteiger partial charge on any atom is -0.447 e. The van der Waals surface area contributed by atoms with Crippen molar-refractivity contribution in [2.75, 3.05) is 60.8 Å². The molecule has 0 spiro atoms. The summed E-state index contributed by atoms with van der Waals surface area (Å²) in [5.41, 5.74) is 2.32. The number of nitrogens with one attached hydrogen (secondary N) is 3. The topological polar surface area (TPSA) is 152 Å². The lowest BCUT2D eigenvalue weighted by atomic mass is 10.1. The van der Waals surface area contributed by atoms with Crippen molar-refractivity contribution >= 4 is 20.0 Å². The molecule has 2 amide bonds. The fourth-order valence-electron chi connectivity index (χ4n) is 5.67. The quantitative estimate of drug-likeness (QED) is 0.0309. The molecule has 0 aliphatic rings. The van der Waals surface area contributed by atoms with Gasteiger partial charge in [-0.05, 0) is 12.8 Å². The van der Waals surface area contributed by atoms with Crippen LogP contribution in [0.15, 0.2) is 0 Å². The van der Waals surface area contributed by atoms with Crippen LogP contribution in [-0.2, 0) is 37.2 Å². The smallest absolute Gasteiger partial charge is 0.447 e. The molecule has 2 unspecified atom stereocenters. The number of amides is 2. The Labute approximate surface area is 323 Å². The Balaban J connectivity index is 4.11. The van der Waals surface area contributed by atoms with E-state index in [-0.39, 0.29) is 26.4 Å². The monoisotopic (exact) mass is 782 g/mol. The van der Waals surface area contributed by atoms with Crippen LogP contribution in [0.2, 0.25) is 0 Å². The minimum atomic E-state index is -4.12. The highest BCUT2D eigenvalue weighted by atomic mass is 31.2. The van der Waals surface area contributed by atoms with E-state index >= 15 is 0 Å². The van der Waals surface area contributed by atoms with Crippen LogP contribution in [0, 0.1) is 0 Å². The van der Waals surface area contributed by atoms with Gasteiger partial charge in [0.05, 0.1) is 13.2 Å². The van der Waals surface area contributed by atoms with Gasteiger partial charge in [0.25, 0.3) is 0 Å². The largest absolute Gasteiger partial charge is 0.491 e. The van der Waals surface area contributed by atoms with Gasteiger partial charge in [-0.25, -0.2) is 14.2 Å². The zero-order valence-electron chi connectivity index (χ0n) is 34.4. The highest BCUT2D eigenvalue weighted by Gasteiger charge is 2.31. The highest BCUT2D eigenvalue weighted by Crippen LogP contribution is 2.48. The maximum absolute atomic E-state index is 13.1. The fraction of sp³-hybridized carbons (Fsp3) is 0.949. The number of phosphoric ester groups is 1. The summed E-state index contributed by atoms with van der Waals surface area (Å²) in [5.74, 6) is 0. The molecular formula is C39H80N3O10P. The summed E-state index contributed by atoms with van der Waals surface area (Å²) in [5, 5.41) is 5.51. The standard InChI is InChI=1S/C39H80N3O10P/c1-6-8-10-12-14-16-18-20-22-24-26-28-30-41-38(43)48-32-36(46-4)34-50-53(45,52-40-3)51-35-37(47-5)33-49-39(44)42-31-29-27-25-23-21-19-17-15-13-11-9-7-2/h36-37,40H,6-35H2,1-5H3,(H,41,43)(H,42,44). The lowest BCUT2D eigenvalue weighted by molar-refractivity contribution is -0.0262. The van der Waals surface area contributed by atoms with Crippen molar-refractivity contribution in [1.82, 2.24) is 16.1 Å². The third-order valence-corrected chi connectivity index (χ3v) is 10.4. The van der Waals surface area contributed by atoms with Crippen LogP contribution in [0.3, 0.4) is 0 Å². The lowest BCUT2D eigenvalue weighted by Crippen LogP contribution is -2.32. The van der Waals surface area contributed by atoms with E-state index in [0.29, 0.717) is 13.1 Å². The molecule has 0 aromatic heterocycles. The molecule has 0 bridgehead atoms. The molecule has 0 heterocycles. The zero-order valence-corrected chi connectivity index (χ0v) is 35.3. The maximum Gasteiger partial charge on any atom is 0.491 e. The molecular weight excluding hydrogens is 701 g/mol. The second-order valence-electron chi connectivity index (χ2n) is 13.9. The van der Waals surface area contributed by atoms with Gasteiger partial charge in [-0.2, -0.15) is 10.1 Å². The molecule has 2 atom stereocenters. The van der Waals surface area contributed by atoms with Crippen LogP contribution < -0.4 is 16.1 Å². The van der Waals surface area contributed by atoms with E-state index in [1.54, 1.807) is 0 Å². The van der Waals surface area contributed by atoms with Gasteiger partial charge in [-0.1, -0.05) is 155 Å². The van der Waals surface area contributed by atoms with Gasteiger partial charge < -0.3 is 29.6 Å². The van der Waals surface area contributed by atoms with Gasteiger partial charge in [0.15, 0.2) is 0 Å². The zero-order chi connectivity index (χ0) is 39.1. The first kappa shape index (κ1) is 51.5. The van der Waals surface area contributed by atoms with Gasteiger partial charge in [0, 0.05) is 34.4 Å². The summed E-state index contributed by atoms with van der Waals surface area (Å²) in [6.07, 6.45) is 27.5. The van der Waals surface area contributed by atoms with Gasteiger partial charge in [0.2, 0.25) is 0 Å². The number of alkyl carbamates (subject to hydrolysis) is 2. The van der Waals surface area contributed by atoms with Gasteiger partial charge in [-0.3, -0.25) is 9.05 Å². The summed E-state index contributed by atoms with van der Waals surface area (Å²) < 4.78 is 50.2. The second kappa shape index (κ2) is 38.8. The Kier molecular flexibility index (Phi) is 37.7. The van der Waals surface area contributed by atoms with Crippen molar-refractivity contribution in [3.05, 3.63) is 0 Å². The Morgan fingerprint density at radius 2 is 0.792 bits per heavy atom. The highest BCUT2D eigenvalue weighted by molar-refractivity contribution is 7.48. The molecule has 0 fully saturated rings. The number of hydrogen-bond donors (Lipinski definition) is 3. The van der Waals surface area contributed by atoms with Gasteiger partial charge >= 0.3 is 20.0 Å². The van der Waals surface area contributed by atoms with Crippen LogP contribution in [0.4, 0.5) is 9.59 Å². The van der Waals surface area contributed by atoms with Crippen LogP contribution in [0.25, 0.3) is 0 Å². The molecule has 3 N–H and O–H groups in total. The van der Waals surface area contributed by atoms with Crippen molar-refractivity contribution in [3.8, 4) is 0 Å². The number of hydroxylamine groups is 1. The molecule has 0 aromatic rings. The second-order valence-corrected chi connectivity index (χ2v) is 15.5. The third-order valence-electron chi connectivity index (χ3n) is 9.11. The van der Waals surface area contributed by atoms with E-state index < -0.39 is 32.2 Å². The molecule has 0 aliphatic heterocycles. The number of unbranched alkanes of at least 4 members (excludes halogenated alkanes) is 22. The summed E-state index contributed by atoms with van der Waals surface area (Å²) >= 11 is 0. The summed E-state index contributed by atoms with van der Waals surface area (Å²) in [6.45, 7) is 4.84. The maximum atomic E-state index is 13.1. The summed E-state index contributed by atoms with van der Waals surface area (Å²) in [6, 6.07) is 0. The van der Waals surface area contributed by atoms with Crippen LogP contribution in [0.1, 0.15) is 168 Å². The molecule has 0 radical (unpaired) electrons. The first-order valence-electron chi connectivity index (χ1n) is 20.9. The first-order chi connectivity index (χ1) is 25.8. The summed E-state index contributed by atoms with van der Waals surface area (Å²) in [7, 11) is 0.141. The van der Waals surface area contributed by atoms with Crippen molar-refractivity contribution < 1.29 is 46.8 Å². The van der Waals surface area contributed by atoms with Crippen LogP contribution in [-0.4, -0.2) is 85.2 Å². The van der Waals surface area contributed by atoms with E-state index in [4.69, 9.17) is 32.6 Å². The van der Waals surface area contributed by atoms with Gasteiger partial charge in [-0.15, -0.1) is 0 Å². The molecule has 316 valence electrons. The van der Waals surface area contributed by atoms with Gasteiger partial charge in [0.1, 0.15) is 25.4 Å². The Bertz CT molecular complexity index is 811.